The number of esters is 1. The highest BCUT2D eigenvalue weighted by atomic mass is 31.2. The minimum Gasteiger partial charge on any atom is -0.491 e. The van der Waals surface area contributed by atoms with Gasteiger partial charge < -0.3 is 43.6 Å². The SMILES string of the molecule is CCCCCCCCCCCCc1ccc(C(=O)N[C@H](CO)CO[Si](C(C)C)(C(C)C)C(C)C)c(OC[C@H](CC(=O)OC)NC(=O)CN(C)C(=O)CP(=O)(OCC)OCC)c1. The maximum Gasteiger partial charge on any atom is 0.340 e. The summed E-state index contributed by atoms with van der Waals surface area (Å²) in [6.45, 7) is 18.0. The molecular weight excluding hydrogens is 818 g/mol. The average Bonchev–Trinajstić information content (AvgIpc) is 3.19. The van der Waals surface area contributed by atoms with Crippen LogP contribution in [0.25, 0.3) is 0 Å². The number of nitrogens with zero attached hydrogens (tertiary/aromatic N) is 1. The number of aliphatic hydroxyl groups excluding tert-OH is 1. The monoisotopic (exact) mass is 900 g/mol. The molecule has 14 nitrogen and oxygen atoms in total. The van der Waals surface area contributed by atoms with E-state index in [9.17, 15) is 28.8 Å². The van der Waals surface area contributed by atoms with Crippen molar-refractivity contribution < 1.29 is 51.8 Å². The van der Waals surface area contributed by atoms with Gasteiger partial charge in [-0.1, -0.05) is 112 Å². The van der Waals surface area contributed by atoms with E-state index in [1.54, 1.807) is 19.9 Å². The van der Waals surface area contributed by atoms with Crippen LogP contribution in [0.1, 0.15) is 149 Å². The molecule has 0 unspecified atom stereocenters. The van der Waals surface area contributed by atoms with Crippen molar-refractivity contribution in [1.82, 2.24) is 15.5 Å². The number of likely N-dealkylation sites (N-methyl/N-ethyl adjacent to an activating group) is 1. The van der Waals surface area contributed by atoms with Crippen molar-refractivity contribution >= 4 is 39.6 Å². The molecule has 0 saturated heterocycles. The Bertz CT molecular complexity index is 1460. The number of unbranched alkanes of at least 4 members (excludes halogenated alkanes) is 9. The molecule has 2 atom stereocenters. The predicted octanol–water partition coefficient (Wildman–Crippen LogP) is 8.58. The molecule has 352 valence electrons. The first-order chi connectivity index (χ1) is 28.9. The maximum absolute atomic E-state index is 14.0. The average molecular weight is 900 g/mol. The normalized spacial score (nSPS) is 13.0. The maximum atomic E-state index is 14.0. The topological polar surface area (TPSA) is 179 Å². The van der Waals surface area contributed by atoms with Crippen LogP contribution in [-0.4, -0.2) is 114 Å². The van der Waals surface area contributed by atoms with Crippen LogP contribution in [-0.2, 0) is 43.6 Å². The minimum atomic E-state index is -3.70. The highest BCUT2D eigenvalue weighted by Crippen LogP contribution is 2.48. The van der Waals surface area contributed by atoms with E-state index in [0.717, 1.165) is 36.1 Å². The van der Waals surface area contributed by atoms with Gasteiger partial charge in [0.25, 0.3) is 5.91 Å². The van der Waals surface area contributed by atoms with Crippen molar-refractivity contribution in [2.24, 2.45) is 0 Å². The van der Waals surface area contributed by atoms with Crippen LogP contribution in [0.3, 0.4) is 0 Å². The van der Waals surface area contributed by atoms with Gasteiger partial charge in [0.2, 0.25) is 11.8 Å². The third-order valence-corrected chi connectivity index (χ3v) is 19.2. The fourth-order valence-electron chi connectivity index (χ4n) is 8.01. The minimum absolute atomic E-state index is 0.0862. The van der Waals surface area contributed by atoms with Crippen LogP contribution in [0.2, 0.25) is 16.6 Å². The lowest BCUT2D eigenvalue weighted by Gasteiger charge is -2.43. The van der Waals surface area contributed by atoms with E-state index in [-0.39, 0.29) is 50.8 Å². The molecule has 0 aromatic heterocycles. The third kappa shape index (κ3) is 20.5. The van der Waals surface area contributed by atoms with Crippen LogP contribution in [0.5, 0.6) is 5.75 Å². The van der Waals surface area contributed by atoms with Gasteiger partial charge in [-0.05, 0) is 61.0 Å². The molecule has 0 heterocycles. The molecule has 0 fully saturated rings. The molecule has 0 bridgehead atoms. The van der Waals surface area contributed by atoms with Gasteiger partial charge in [-0.2, -0.15) is 0 Å². The van der Waals surface area contributed by atoms with Gasteiger partial charge in [0.15, 0.2) is 8.32 Å². The quantitative estimate of drug-likeness (QED) is 0.0261. The first kappa shape index (κ1) is 56.2. The van der Waals surface area contributed by atoms with Crippen molar-refractivity contribution in [3.63, 3.8) is 0 Å². The van der Waals surface area contributed by atoms with Crippen molar-refractivity contribution in [1.29, 1.82) is 0 Å². The number of carbonyl (C=O) groups excluding carboxylic acids is 4. The molecule has 1 aromatic carbocycles. The van der Waals surface area contributed by atoms with E-state index in [0.29, 0.717) is 16.6 Å². The summed E-state index contributed by atoms with van der Waals surface area (Å²) in [6.07, 6.45) is 12.1. The zero-order valence-electron chi connectivity index (χ0n) is 39.5. The second-order valence-electron chi connectivity index (χ2n) is 17.0. The smallest absolute Gasteiger partial charge is 0.340 e. The molecule has 0 saturated carbocycles. The Morgan fingerprint density at radius 3 is 1.85 bits per heavy atom. The number of rotatable bonds is 34. The van der Waals surface area contributed by atoms with E-state index in [2.05, 4.69) is 59.1 Å². The molecule has 1 aromatic rings. The standard InChI is InChI=1S/C45H82N3O11PSi/c1-12-15-16-17-18-19-20-21-22-23-24-37-25-26-40(45(53)47-39(30-49)32-59-61(34(4)5,35(6)7)36(8)9)41(27-37)56-31-38(28-44(52)55-11)46-42(50)29-48(10)43(51)33-60(54,57-13-2)58-14-3/h25-27,34-36,38-39,49H,12-24,28-33H2,1-11H3,(H,46,50)(H,47,53)/t38-,39+/m0/s1. The first-order valence-corrected chi connectivity index (χ1v) is 26.6. The van der Waals surface area contributed by atoms with E-state index in [4.69, 9.17) is 22.9 Å². The fourth-order valence-corrected chi connectivity index (χ4v) is 15.1. The van der Waals surface area contributed by atoms with Gasteiger partial charge in [0, 0.05) is 7.05 Å². The lowest BCUT2D eigenvalue weighted by molar-refractivity contribution is -0.142. The molecule has 61 heavy (non-hydrogen) atoms. The second-order valence-corrected chi connectivity index (χ2v) is 24.5. The van der Waals surface area contributed by atoms with E-state index < -0.39 is 64.4 Å². The molecule has 3 N–H and O–H groups in total. The summed E-state index contributed by atoms with van der Waals surface area (Å²) in [4.78, 5) is 53.7. The number of aryl methyl sites for hydroxylation is 1. The molecule has 0 radical (unpaired) electrons. The highest BCUT2D eigenvalue weighted by molar-refractivity contribution is 7.54. The van der Waals surface area contributed by atoms with Crippen LogP contribution >= 0.6 is 7.60 Å². The zero-order chi connectivity index (χ0) is 46.0. The summed E-state index contributed by atoms with van der Waals surface area (Å²) >= 11 is 0. The summed E-state index contributed by atoms with van der Waals surface area (Å²) < 4.78 is 41.3. The number of ether oxygens (including phenoxy) is 2. The number of hydrogen-bond donors (Lipinski definition) is 3. The molecule has 0 aliphatic rings. The fraction of sp³-hybridized carbons (Fsp3) is 0.778. The van der Waals surface area contributed by atoms with Crippen LogP contribution < -0.4 is 15.4 Å². The van der Waals surface area contributed by atoms with Crippen molar-refractivity contribution in [2.45, 2.75) is 168 Å². The molecular formula is C45H82N3O11PSi. The summed E-state index contributed by atoms with van der Waals surface area (Å²) in [5.41, 5.74) is 2.17. The Balaban J connectivity index is 3.27. The van der Waals surface area contributed by atoms with E-state index in [1.807, 2.05) is 12.1 Å². The predicted molar refractivity (Wildman–Crippen MR) is 245 cm³/mol. The number of hydrogen-bond acceptors (Lipinski definition) is 11. The van der Waals surface area contributed by atoms with E-state index >= 15 is 0 Å². The number of methoxy groups -OCH3 is 1. The second kappa shape index (κ2) is 30.3. The molecule has 1 rings (SSSR count). The molecule has 3 amide bonds. The number of carbonyl (C=O) groups is 4. The lowest BCUT2D eigenvalue weighted by Crippen LogP contribution is -2.51. The zero-order valence-corrected chi connectivity index (χ0v) is 41.4. The number of nitrogens with one attached hydrogen (secondary N) is 2. The van der Waals surface area contributed by atoms with Gasteiger partial charge >= 0.3 is 13.6 Å². The van der Waals surface area contributed by atoms with Gasteiger partial charge in [0.1, 0.15) is 18.5 Å². The molecule has 0 aliphatic carbocycles. The van der Waals surface area contributed by atoms with Gasteiger partial charge in [-0.15, -0.1) is 0 Å². The molecule has 16 heteroatoms. The summed E-state index contributed by atoms with van der Waals surface area (Å²) in [7, 11) is -3.35. The highest BCUT2D eigenvalue weighted by Gasteiger charge is 2.45. The number of benzene rings is 1. The van der Waals surface area contributed by atoms with E-state index in [1.165, 1.54) is 59.1 Å². The number of amides is 3. The van der Waals surface area contributed by atoms with Crippen molar-refractivity contribution in [3.8, 4) is 5.75 Å². The summed E-state index contributed by atoms with van der Waals surface area (Å²) in [5.74, 6) is -2.02. The van der Waals surface area contributed by atoms with Crippen LogP contribution in [0.15, 0.2) is 18.2 Å². The molecule has 0 spiro atoms. The Morgan fingerprint density at radius 2 is 1.34 bits per heavy atom. The Kier molecular flexibility index (Phi) is 27.9. The van der Waals surface area contributed by atoms with Crippen LogP contribution in [0, 0.1) is 0 Å². The van der Waals surface area contributed by atoms with Crippen molar-refractivity contribution in [3.05, 3.63) is 29.3 Å². The van der Waals surface area contributed by atoms with Crippen LogP contribution in [0.4, 0.5) is 0 Å². The Labute approximate surface area is 368 Å². The summed E-state index contributed by atoms with van der Waals surface area (Å²) in [5, 5.41) is 16.1. The summed E-state index contributed by atoms with van der Waals surface area (Å²) in [6, 6.07) is 3.86. The lowest BCUT2D eigenvalue weighted by atomic mass is 10.0. The largest absolute Gasteiger partial charge is 0.491 e. The number of aliphatic hydroxyl groups is 1. The Hall–Kier alpha value is -2.81. The molecule has 0 aliphatic heterocycles. The van der Waals surface area contributed by atoms with Gasteiger partial charge in [-0.3, -0.25) is 23.7 Å². The van der Waals surface area contributed by atoms with Gasteiger partial charge in [-0.25, -0.2) is 0 Å². The Morgan fingerprint density at radius 1 is 0.787 bits per heavy atom. The van der Waals surface area contributed by atoms with Gasteiger partial charge in [0.05, 0.1) is 64.2 Å². The van der Waals surface area contributed by atoms with Crippen molar-refractivity contribution in [2.75, 3.05) is 59.9 Å². The third-order valence-electron chi connectivity index (χ3n) is 11.1. The first-order valence-electron chi connectivity index (χ1n) is 22.7.